The zero-order valence-electron chi connectivity index (χ0n) is 12.2. The number of aromatic nitrogens is 3. The zero-order valence-corrected chi connectivity index (χ0v) is 12.2. The molecule has 112 valence electrons. The number of nitrogens with zero attached hydrogens (tertiary/aromatic N) is 5. The van der Waals surface area contributed by atoms with Crippen LogP contribution < -0.4 is 10.6 Å². The molecule has 0 unspecified atom stereocenters. The molecule has 2 N–H and O–H groups in total. The molecule has 1 aromatic carbocycles. The summed E-state index contributed by atoms with van der Waals surface area (Å²) < 4.78 is 1.88. The zero-order chi connectivity index (χ0) is 14.5. The molecule has 1 aliphatic heterocycles. The van der Waals surface area contributed by atoms with Crippen LogP contribution >= 0.6 is 0 Å². The van der Waals surface area contributed by atoms with Gasteiger partial charge in [0.15, 0.2) is 0 Å². The van der Waals surface area contributed by atoms with E-state index in [0.29, 0.717) is 6.54 Å². The van der Waals surface area contributed by atoms with Crippen molar-refractivity contribution in [2.45, 2.75) is 13.1 Å². The van der Waals surface area contributed by atoms with Crippen molar-refractivity contribution in [1.82, 2.24) is 19.9 Å². The van der Waals surface area contributed by atoms with Crippen LogP contribution in [-0.4, -0.2) is 52.6 Å². The first-order valence-electron chi connectivity index (χ1n) is 7.46. The Hall–Kier alpha value is -1.92. The highest BCUT2D eigenvalue weighted by Gasteiger charge is 2.16. The minimum atomic E-state index is 0.454. The molecule has 2 heterocycles. The quantitative estimate of drug-likeness (QED) is 0.870. The average Bonchev–Trinajstić information content (AvgIpc) is 3.02. The van der Waals surface area contributed by atoms with Crippen molar-refractivity contribution in [2.75, 3.05) is 37.6 Å². The van der Waals surface area contributed by atoms with Crippen molar-refractivity contribution in [2.24, 2.45) is 5.73 Å². The third-order valence-corrected chi connectivity index (χ3v) is 3.93. The van der Waals surface area contributed by atoms with Crippen LogP contribution in [0.3, 0.4) is 0 Å². The Morgan fingerprint density at radius 1 is 1.00 bits per heavy atom. The third kappa shape index (κ3) is 3.59. The Labute approximate surface area is 125 Å². The van der Waals surface area contributed by atoms with Crippen molar-refractivity contribution in [3.63, 3.8) is 0 Å². The molecule has 0 saturated carbocycles. The van der Waals surface area contributed by atoms with E-state index in [-0.39, 0.29) is 0 Å². The van der Waals surface area contributed by atoms with Gasteiger partial charge in [-0.15, -0.1) is 5.10 Å². The fourth-order valence-electron chi connectivity index (χ4n) is 2.65. The maximum absolute atomic E-state index is 5.54. The molecule has 1 saturated heterocycles. The number of hydrogen-bond donors (Lipinski definition) is 1. The van der Waals surface area contributed by atoms with Gasteiger partial charge in [-0.3, -0.25) is 9.58 Å². The van der Waals surface area contributed by atoms with Crippen molar-refractivity contribution < 1.29 is 0 Å². The molecule has 1 aliphatic rings. The van der Waals surface area contributed by atoms with E-state index in [2.05, 4.69) is 50.4 Å². The maximum atomic E-state index is 5.54. The van der Waals surface area contributed by atoms with Gasteiger partial charge < -0.3 is 10.6 Å². The fourth-order valence-corrected chi connectivity index (χ4v) is 2.65. The number of benzene rings is 1. The summed E-state index contributed by atoms with van der Waals surface area (Å²) in [4.78, 5) is 4.92. The predicted molar refractivity (Wildman–Crippen MR) is 83.0 cm³/mol. The van der Waals surface area contributed by atoms with Crippen LogP contribution in [0.15, 0.2) is 36.5 Å². The minimum Gasteiger partial charge on any atom is -0.369 e. The monoisotopic (exact) mass is 286 g/mol. The Bertz CT molecular complexity index is 544. The van der Waals surface area contributed by atoms with Gasteiger partial charge in [0.25, 0.3) is 0 Å². The maximum Gasteiger partial charge on any atom is 0.0962 e. The number of nitrogens with two attached hydrogens (primary N) is 1. The average molecular weight is 286 g/mol. The smallest absolute Gasteiger partial charge is 0.0962 e. The molecule has 0 atom stereocenters. The van der Waals surface area contributed by atoms with Crippen molar-refractivity contribution in [1.29, 1.82) is 0 Å². The molecule has 0 aliphatic carbocycles. The molecule has 1 aromatic heterocycles. The van der Waals surface area contributed by atoms with E-state index < -0.39 is 0 Å². The van der Waals surface area contributed by atoms with Crippen LogP contribution in [-0.2, 0) is 13.1 Å². The van der Waals surface area contributed by atoms with Gasteiger partial charge >= 0.3 is 0 Å². The summed E-state index contributed by atoms with van der Waals surface area (Å²) in [6, 6.07) is 10.6. The Balaban J connectivity index is 1.45. The first-order valence-corrected chi connectivity index (χ1v) is 7.46. The van der Waals surface area contributed by atoms with Crippen molar-refractivity contribution in [3.8, 4) is 0 Å². The van der Waals surface area contributed by atoms with Gasteiger partial charge in [0.05, 0.1) is 12.2 Å². The largest absolute Gasteiger partial charge is 0.369 e. The second-order valence-electron chi connectivity index (χ2n) is 5.34. The van der Waals surface area contributed by atoms with Crippen LogP contribution in [0.25, 0.3) is 0 Å². The van der Waals surface area contributed by atoms with E-state index in [9.17, 15) is 0 Å². The topological polar surface area (TPSA) is 63.2 Å². The minimum absolute atomic E-state index is 0.454. The lowest BCUT2D eigenvalue weighted by Gasteiger charge is -2.36. The summed E-state index contributed by atoms with van der Waals surface area (Å²) in [5.74, 6) is 0. The second kappa shape index (κ2) is 6.69. The first-order chi connectivity index (χ1) is 10.3. The summed E-state index contributed by atoms with van der Waals surface area (Å²) >= 11 is 0. The third-order valence-electron chi connectivity index (χ3n) is 3.93. The van der Waals surface area contributed by atoms with Gasteiger partial charge in [0, 0.05) is 51.2 Å². The SMILES string of the molecule is NCc1cn(CCN2CCN(c3ccccc3)CC2)nn1. The molecule has 1 fully saturated rings. The lowest BCUT2D eigenvalue weighted by Crippen LogP contribution is -2.47. The molecule has 0 bridgehead atoms. The number of rotatable bonds is 5. The van der Waals surface area contributed by atoms with Crippen molar-refractivity contribution in [3.05, 3.63) is 42.2 Å². The highest BCUT2D eigenvalue weighted by Crippen LogP contribution is 2.15. The van der Waals surface area contributed by atoms with E-state index in [1.807, 2.05) is 10.9 Å². The number of para-hydroxylation sites is 1. The number of anilines is 1. The summed E-state index contributed by atoms with van der Waals surface area (Å²) in [6.07, 6.45) is 1.93. The van der Waals surface area contributed by atoms with Crippen LogP contribution in [0.5, 0.6) is 0 Å². The Kier molecular flexibility index (Phi) is 4.47. The predicted octanol–water partition coefficient (Wildman–Crippen LogP) is 0.559. The molecule has 3 rings (SSSR count). The second-order valence-corrected chi connectivity index (χ2v) is 5.34. The summed E-state index contributed by atoms with van der Waals surface area (Å²) in [7, 11) is 0. The van der Waals surface area contributed by atoms with Crippen LogP contribution in [0.1, 0.15) is 5.69 Å². The number of piperazine rings is 1. The number of hydrogen-bond acceptors (Lipinski definition) is 5. The summed E-state index contributed by atoms with van der Waals surface area (Å²) in [6.45, 7) is 6.68. The molecule has 0 radical (unpaired) electrons. The van der Waals surface area contributed by atoms with Crippen molar-refractivity contribution >= 4 is 5.69 Å². The van der Waals surface area contributed by atoms with Gasteiger partial charge in [0.2, 0.25) is 0 Å². The molecule has 2 aromatic rings. The first kappa shape index (κ1) is 14.0. The van der Waals surface area contributed by atoms with E-state index in [0.717, 1.165) is 45.0 Å². The Morgan fingerprint density at radius 3 is 2.43 bits per heavy atom. The molecule has 21 heavy (non-hydrogen) atoms. The molecular formula is C15H22N6. The molecular weight excluding hydrogens is 264 g/mol. The normalized spacial score (nSPS) is 16.3. The van der Waals surface area contributed by atoms with Gasteiger partial charge in [0.1, 0.15) is 0 Å². The van der Waals surface area contributed by atoms with Crippen LogP contribution in [0.4, 0.5) is 5.69 Å². The molecule has 6 heteroatoms. The van der Waals surface area contributed by atoms with E-state index in [4.69, 9.17) is 5.73 Å². The summed E-state index contributed by atoms with van der Waals surface area (Å²) in [5, 5.41) is 8.09. The van der Waals surface area contributed by atoms with Gasteiger partial charge in [-0.25, -0.2) is 0 Å². The van der Waals surface area contributed by atoms with Crippen LogP contribution in [0, 0.1) is 0 Å². The molecule has 6 nitrogen and oxygen atoms in total. The van der Waals surface area contributed by atoms with E-state index in [1.165, 1.54) is 5.69 Å². The standard InChI is InChI=1S/C15H22N6/c16-12-14-13-21(18-17-14)11-8-19-6-9-20(10-7-19)15-4-2-1-3-5-15/h1-5,13H,6-12,16H2. The Morgan fingerprint density at radius 2 is 1.76 bits per heavy atom. The van der Waals surface area contributed by atoms with E-state index in [1.54, 1.807) is 0 Å². The highest BCUT2D eigenvalue weighted by molar-refractivity contribution is 5.46. The van der Waals surface area contributed by atoms with Gasteiger partial charge in [-0.05, 0) is 12.1 Å². The lowest BCUT2D eigenvalue weighted by atomic mass is 10.2. The van der Waals surface area contributed by atoms with Gasteiger partial charge in [-0.2, -0.15) is 0 Å². The lowest BCUT2D eigenvalue weighted by molar-refractivity contribution is 0.244. The van der Waals surface area contributed by atoms with Crippen LogP contribution in [0.2, 0.25) is 0 Å². The van der Waals surface area contributed by atoms with Gasteiger partial charge in [-0.1, -0.05) is 23.4 Å². The summed E-state index contributed by atoms with van der Waals surface area (Å²) in [5.41, 5.74) is 7.71. The molecule has 0 spiro atoms. The molecule has 0 amide bonds. The highest BCUT2D eigenvalue weighted by atomic mass is 15.4. The fraction of sp³-hybridized carbons (Fsp3) is 0.467. The van der Waals surface area contributed by atoms with E-state index >= 15 is 0 Å².